The first-order valence-electron chi connectivity index (χ1n) is 9.37. The molecule has 0 aliphatic carbocycles. The lowest BCUT2D eigenvalue weighted by Gasteiger charge is -2.30. The Labute approximate surface area is 159 Å². The Morgan fingerprint density at radius 3 is 2.52 bits per heavy atom. The molecule has 2 aromatic rings. The van der Waals surface area contributed by atoms with Crippen molar-refractivity contribution in [3.8, 4) is 11.5 Å². The van der Waals surface area contributed by atoms with E-state index in [-0.39, 0.29) is 0 Å². The Bertz CT molecular complexity index is 793. The Morgan fingerprint density at radius 1 is 1.04 bits per heavy atom. The number of hydrogen-bond donors (Lipinski definition) is 0. The fourth-order valence-electron chi connectivity index (χ4n) is 3.69. The monoisotopic (exact) mass is 370 g/mol. The molecule has 1 aromatic heterocycles. The van der Waals surface area contributed by atoms with Crippen LogP contribution in [0.4, 0.5) is 5.95 Å². The van der Waals surface area contributed by atoms with Crippen LogP contribution in [0, 0.1) is 0 Å². The van der Waals surface area contributed by atoms with E-state index in [1.54, 1.807) is 14.2 Å². The molecule has 0 spiro atoms. The SMILES string of the molecule is COc1cc2c(cc1OC)CN(Cc1ccnc(N3CCOCC3)n1)CC2. The summed E-state index contributed by atoms with van der Waals surface area (Å²) < 4.78 is 16.3. The number of rotatable bonds is 5. The molecular formula is C20H26N4O3. The third-order valence-electron chi connectivity index (χ3n) is 5.18. The Balaban J connectivity index is 1.47. The third kappa shape index (κ3) is 3.99. The quantitative estimate of drug-likeness (QED) is 0.796. The van der Waals surface area contributed by atoms with Crippen molar-refractivity contribution in [3.63, 3.8) is 0 Å². The molecule has 144 valence electrons. The number of methoxy groups -OCH3 is 2. The van der Waals surface area contributed by atoms with Crippen molar-refractivity contribution >= 4 is 5.95 Å². The van der Waals surface area contributed by atoms with Gasteiger partial charge in [0.25, 0.3) is 0 Å². The summed E-state index contributed by atoms with van der Waals surface area (Å²) in [5.74, 6) is 2.39. The van der Waals surface area contributed by atoms with Crippen LogP contribution in [-0.2, 0) is 24.2 Å². The number of morpholine rings is 1. The second kappa shape index (κ2) is 8.10. The second-order valence-electron chi connectivity index (χ2n) is 6.88. The Hall–Kier alpha value is -2.38. The molecule has 2 aliphatic heterocycles. The van der Waals surface area contributed by atoms with Gasteiger partial charge in [0, 0.05) is 38.9 Å². The van der Waals surface area contributed by atoms with Gasteiger partial charge in [-0.2, -0.15) is 0 Å². The lowest BCUT2D eigenvalue weighted by molar-refractivity contribution is 0.122. The van der Waals surface area contributed by atoms with E-state index in [2.05, 4.69) is 26.9 Å². The minimum absolute atomic E-state index is 0.738. The molecular weight excluding hydrogens is 344 g/mol. The van der Waals surface area contributed by atoms with Crippen molar-refractivity contribution in [2.75, 3.05) is 52.0 Å². The van der Waals surface area contributed by atoms with E-state index >= 15 is 0 Å². The first-order valence-corrected chi connectivity index (χ1v) is 9.37. The number of benzene rings is 1. The molecule has 0 unspecified atom stereocenters. The zero-order valence-electron chi connectivity index (χ0n) is 16.0. The van der Waals surface area contributed by atoms with Gasteiger partial charge in [0.15, 0.2) is 11.5 Å². The van der Waals surface area contributed by atoms with E-state index in [0.29, 0.717) is 0 Å². The normalized spacial score (nSPS) is 17.5. The molecule has 7 heteroatoms. The minimum Gasteiger partial charge on any atom is -0.493 e. The number of aromatic nitrogens is 2. The van der Waals surface area contributed by atoms with Gasteiger partial charge in [0.2, 0.25) is 5.95 Å². The lowest BCUT2D eigenvalue weighted by atomic mass is 9.98. The fourth-order valence-corrected chi connectivity index (χ4v) is 3.69. The van der Waals surface area contributed by atoms with Crippen LogP contribution in [0.3, 0.4) is 0 Å². The number of hydrogen-bond acceptors (Lipinski definition) is 7. The number of anilines is 1. The van der Waals surface area contributed by atoms with Gasteiger partial charge in [-0.1, -0.05) is 0 Å². The highest BCUT2D eigenvalue weighted by atomic mass is 16.5. The smallest absolute Gasteiger partial charge is 0.225 e. The van der Waals surface area contributed by atoms with Crippen LogP contribution in [0.2, 0.25) is 0 Å². The Morgan fingerprint density at radius 2 is 1.78 bits per heavy atom. The maximum Gasteiger partial charge on any atom is 0.225 e. The Kier molecular flexibility index (Phi) is 5.40. The predicted molar refractivity (Wildman–Crippen MR) is 102 cm³/mol. The molecule has 0 N–H and O–H groups in total. The van der Waals surface area contributed by atoms with E-state index in [1.807, 2.05) is 12.3 Å². The maximum atomic E-state index is 5.46. The van der Waals surface area contributed by atoms with Crippen molar-refractivity contribution in [2.45, 2.75) is 19.5 Å². The van der Waals surface area contributed by atoms with Crippen LogP contribution in [0.5, 0.6) is 11.5 Å². The van der Waals surface area contributed by atoms with Gasteiger partial charge in [-0.15, -0.1) is 0 Å². The molecule has 1 fully saturated rings. The summed E-state index contributed by atoms with van der Waals surface area (Å²) >= 11 is 0. The van der Waals surface area contributed by atoms with Gasteiger partial charge in [0.1, 0.15) is 0 Å². The van der Waals surface area contributed by atoms with E-state index in [4.69, 9.17) is 19.2 Å². The van der Waals surface area contributed by atoms with Gasteiger partial charge in [-0.25, -0.2) is 9.97 Å². The highest BCUT2D eigenvalue weighted by molar-refractivity contribution is 5.48. The summed E-state index contributed by atoms with van der Waals surface area (Å²) in [5, 5.41) is 0. The van der Waals surface area contributed by atoms with Gasteiger partial charge in [-0.3, -0.25) is 4.90 Å². The molecule has 0 saturated carbocycles. The summed E-state index contributed by atoms with van der Waals surface area (Å²) in [6, 6.07) is 6.21. The zero-order valence-corrected chi connectivity index (χ0v) is 16.0. The summed E-state index contributed by atoms with van der Waals surface area (Å²) in [4.78, 5) is 13.8. The van der Waals surface area contributed by atoms with Gasteiger partial charge >= 0.3 is 0 Å². The molecule has 4 rings (SSSR count). The van der Waals surface area contributed by atoms with Crippen molar-refractivity contribution in [1.29, 1.82) is 0 Å². The molecule has 7 nitrogen and oxygen atoms in total. The first-order chi connectivity index (χ1) is 13.3. The maximum absolute atomic E-state index is 5.46. The molecule has 0 radical (unpaired) electrons. The molecule has 0 atom stereocenters. The number of nitrogens with zero attached hydrogens (tertiary/aromatic N) is 4. The minimum atomic E-state index is 0.738. The molecule has 27 heavy (non-hydrogen) atoms. The van der Waals surface area contributed by atoms with Gasteiger partial charge in [-0.05, 0) is 35.7 Å². The third-order valence-corrected chi connectivity index (χ3v) is 5.18. The van der Waals surface area contributed by atoms with Crippen LogP contribution < -0.4 is 14.4 Å². The van der Waals surface area contributed by atoms with Gasteiger partial charge in [0.05, 0.1) is 33.1 Å². The predicted octanol–water partition coefficient (Wildman–Crippen LogP) is 1.89. The summed E-state index contributed by atoms with van der Waals surface area (Å²) in [7, 11) is 3.36. The van der Waals surface area contributed by atoms with E-state index in [1.165, 1.54) is 11.1 Å². The molecule has 3 heterocycles. The molecule has 1 saturated heterocycles. The van der Waals surface area contributed by atoms with Crippen molar-refractivity contribution in [2.24, 2.45) is 0 Å². The summed E-state index contributed by atoms with van der Waals surface area (Å²) in [6.07, 6.45) is 2.86. The zero-order chi connectivity index (χ0) is 18.6. The molecule has 0 bridgehead atoms. The number of ether oxygens (including phenoxy) is 3. The van der Waals surface area contributed by atoms with Crippen molar-refractivity contribution in [1.82, 2.24) is 14.9 Å². The topological polar surface area (TPSA) is 60.0 Å². The highest BCUT2D eigenvalue weighted by Gasteiger charge is 2.20. The molecule has 2 aliphatic rings. The fraction of sp³-hybridized carbons (Fsp3) is 0.500. The second-order valence-corrected chi connectivity index (χ2v) is 6.88. The van der Waals surface area contributed by atoms with Crippen molar-refractivity contribution < 1.29 is 14.2 Å². The van der Waals surface area contributed by atoms with E-state index in [9.17, 15) is 0 Å². The van der Waals surface area contributed by atoms with E-state index in [0.717, 1.165) is 75.5 Å². The van der Waals surface area contributed by atoms with Crippen LogP contribution in [-0.4, -0.2) is 61.9 Å². The van der Waals surface area contributed by atoms with Crippen LogP contribution in [0.15, 0.2) is 24.4 Å². The lowest BCUT2D eigenvalue weighted by Crippen LogP contribution is -2.37. The standard InChI is InChI=1S/C20H26N4O3/c1-25-18-11-15-4-6-23(13-16(15)12-19(18)26-2)14-17-3-5-21-20(22-17)24-7-9-27-10-8-24/h3,5,11-12H,4,6-10,13-14H2,1-2H3. The average Bonchev–Trinajstić information content (AvgIpc) is 2.73. The summed E-state index contributed by atoms with van der Waals surface area (Å²) in [6.45, 7) is 5.87. The largest absolute Gasteiger partial charge is 0.493 e. The number of fused-ring (bicyclic) bond motifs is 1. The summed E-state index contributed by atoms with van der Waals surface area (Å²) in [5.41, 5.74) is 3.68. The molecule has 1 aromatic carbocycles. The van der Waals surface area contributed by atoms with Gasteiger partial charge < -0.3 is 19.1 Å². The van der Waals surface area contributed by atoms with Crippen LogP contribution in [0.25, 0.3) is 0 Å². The molecule has 0 amide bonds. The average molecular weight is 370 g/mol. The first kappa shape index (κ1) is 18.0. The van der Waals surface area contributed by atoms with E-state index < -0.39 is 0 Å². The highest BCUT2D eigenvalue weighted by Crippen LogP contribution is 2.33. The van der Waals surface area contributed by atoms with Crippen LogP contribution in [0.1, 0.15) is 16.8 Å². The van der Waals surface area contributed by atoms with Crippen LogP contribution >= 0.6 is 0 Å². The van der Waals surface area contributed by atoms with Crippen molar-refractivity contribution in [3.05, 3.63) is 41.2 Å².